The van der Waals surface area contributed by atoms with Crippen LogP contribution in [0.2, 0.25) is 0 Å². The molecule has 10 heteroatoms. The summed E-state index contributed by atoms with van der Waals surface area (Å²) in [5.41, 5.74) is -0.895. The minimum Gasteiger partial charge on any atom is -0.363 e. The Morgan fingerprint density at radius 1 is 1.02 bits per heavy atom. The summed E-state index contributed by atoms with van der Waals surface area (Å²) in [5, 5.41) is 14.0. The number of piperidine rings is 1. The van der Waals surface area contributed by atoms with Gasteiger partial charge in [0, 0.05) is 36.2 Å². The number of rotatable bonds is 1. The number of nitrogens with zero attached hydrogens (tertiary/aromatic N) is 5. The van der Waals surface area contributed by atoms with Crippen LogP contribution in [0, 0.1) is 24.2 Å². The zero-order valence-corrected chi connectivity index (χ0v) is 25.8. The lowest BCUT2D eigenvalue weighted by molar-refractivity contribution is -0.0882. The van der Waals surface area contributed by atoms with Crippen LogP contribution < -0.4 is 10.9 Å². The highest BCUT2D eigenvalue weighted by Gasteiger charge is 2.48. The van der Waals surface area contributed by atoms with E-state index in [0.29, 0.717) is 98.4 Å². The van der Waals surface area contributed by atoms with Gasteiger partial charge in [0.1, 0.15) is 23.0 Å². The monoisotopic (exact) mass is 606 g/mol. The van der Waals surface area contributed by atoms with Gasteiger partial charge in [-0.15, -0.1) is 0 Å². The van der Waals surface area contributed by atoms with Crippen molar-refractivity contribution in [3.05, 3.63) is 63.2 Å². The van der Waals surface area contributed by atoms with Gasteiger partial charge >= 0.3 is 0 Å². The van der Waals surface area contributed by atoms with Crippen molar-refractivity contribution in [1.29, 1.82) is 5.26 Å². The molecule has 7 rings (SSSR count). The Morgan fingerprint density at radius 2 is 1.77 bits per heavy atom. The molecule has 4 aliphatic rings. The first-order valence-corrected chi connectivity index (χ1v) is 15.9. The summed E-state index contributed by atoms with van der Waals surface area (Å²) >= 11 is 0. The second-order valence-corrected chi connectivity index (χ2v) is 13.5. The second kappa shape index (κ2) is 11.5. The third-order valence-corrected chi connectivity index (χ3v) is 9.89. The molecule has 1 aliphatic carbocycles. The number of aromatic nitrogens is 3. The molecular weight excluding hydrogens is 565 g/mol. The Balaban J connectivity index is 1.44. The number of halogens is 3. The fourth-order valence-corrected chi connectivity index (χ4v) is 7.06. The molecule has 1 aromatic carbocycles. The maximum atomic E-state index is 15.9. The molecule has 5 heterocycles. The number of hydrogen-bond donors (Lipinski definition) is 1. The maximum absolute atomic E-state index is 15.9. The fourth-order valence-electron chi connectivity index (χ4n) is 7.06. The minimum absolute atomic E-state index is 0.0205. The first kappa shape index (κ1) is 30.6. The summed E-state index contributed by atoms with van der Waals surface area (Å²) in [7, 11) is 0. The Hall–Kier alpha value is -3.45. The molecule has 1 saturated heterocycles. The lowest BCUT2D eigenvalue weighted by Crippen LogP contribution is -2.45. The van der Waals surface area contributed by atoms with Gasteiger partial charge in [0.05, 0.1) is 16.9 Å². The fraction of sp³-hybridized carbons (Fsp3) is 0.588. The minimum atomic E-state index is -3.02. The van der Waals surface area contributed by atoms with Crippen LogP contribution in [0.5, 0.6) is 0 Å². The van der Waals surface area contributed by atoms with E-state index in [1.807, 2.05) is 17.9 Å². The molecule has 0 amide bonds. The van der Waals surface area contributed by atoms with Crippen LogP contribution in [-0.4, -0.2) is 44.7 Å². The molecule has 2 aromatic heterocycles. The van der Waals surface area contributed by atoms with Crippen molar-refractivity contribution < 1.29 is 13.2 Å². The molecule has 2 fully saturated rings. The van der Waals surface area contributed by atoms with Gasteiger partial charge in [-0.1, -0.05) is 31.0 Å². The predicted octanol–water partition coefficient (Wildman–Crippen LogP) is 6.93. The number of pyridine rings is 1. The Morgan fingerprint density at radius 3 is 2.48 bits per heavy atom. The topological polar surface area (TPSA) is 86.8 Å². The molecule has 1 N–H and O–H groups in total. The van der Waals surface area contributed by atoms with E-state index in [4.69, 9.17) is 0 Å². The molecule has 3 aliphatic heterocycles. The quantitative estimate of drug-likeness (QED) is 0.323. The third-order valence-electron chi connectivity index (χ3n) is 9.89. The lowest BCUT2D eigenvalue weighted by Gasteiger charge is -2.38. The van der Waals surface area contributed by atoms with Gasteiger partial charge in [-0.25, -0.2) is 23.1 Å². The standard InChI is InChI=1S/C34H41F3N6O/c1-22-24-8-7-9-26(18-24)34(36,37)25-10-16-42(17-11-25)21-32(3,35)12-5-4-6-15-43-30-27(29(39-22)40-23(2)41-30)19-28(31(43)44)33(20-38)13-14-33/h7-9,18-19,22,25H,4-6,10-17,21H2,1-3H3,(H,39,40,41)/t22-,32?/m1/s1. The number of aryl methyl sites for hydroxylation is 2. The first-order chi connectivity index (χ1) is 20.9. The highest BCUT2D eigenvalue weighted by Crippen LogP contribution is 2.47. The molecule has 8 bridgehead atoms. The van der Waals surface area contributed by atoms with E-state index >= 15 is 13.2 Å². The maximum Gasteiger partial charge on any atom is 0.276 e. The van der Waals surface area contributed by atoms with Crippen molar-refractivity contribution in [3.8, 4) is 6.07 Å². The van der Waals surface area contributed by atoms with Crippen LogP contribution in [-0.2, 0) is 17.9 Å². The normalized spacial score (nSPS) is 28.5. The van der Waals surface area contributed by atoms with Crippen molar-refractivity contribution >= 4 is 16.9 Å². The van der Waals surface area contributed by atoms with Crippen molar-refractivity contribution in [2.24, 2.45) is 5.92 Å². The summed E-state index contributed by atoms with van der Waals surface area (Å²) in [5.74, 6) is -2.87. The largest absolute Gasteiger partial charge is 0.363 e. The Labute approximate surface area is 256 Å². The molecule has 1 saturated carbocycles. The van der Waals surface area contributed by atoms with Crippen LogP contribution >= 0.6 is 0 Å². The highest BCUT2D eigenvalue weighted by molar-refractivity contribution is 5.88. The number of nitrogens with one attached hydrogen (secondary N) is 1. The van der Waals surface area contributed by atoms with E-state index in [1.54, 1.807) is 36.6 Å². The highest BCUT2D eigenvalue weighted by atomic mass is 19.3. The summed E-state index contributed by atoms with van der Waals surface area (Å²) < 4.78 is 49.0. The summed E-state index contributed by atoms with van der Waals surface area (Å²) in [4.78, 5) is 25.2. The molecule has 0 radical (unpaired) electrons. The zero-order valence-electron chi connectivity index (χ0n) is 25.8. The van der Waals surface area contributed by atoms with Gasteiger partial charge in [-0.05, 0) is 90.1 Å². The molecule has 234 valence electrons. The van der Waals surface area contributed by atoms with Crippen LogP contribution in [0.4, 0.5) is 19.0 Å². The van der Waals surface area contributed by atoms with Gasteiger partial charge < -0.3 is 10.2 Å². The van der Waals surface area contributed by atoms with Crippen molar-refractivity contribution in [3.63, 3.8) is 0 Å². The molecule has 7 nitrogen and oxygen atoms in total. The van der Waals surface area contributed by atoms with E-state index in [1.165, 1.54) is 6.07 Å². The van der Waals surface area contributed by atoms with Gasteiger partial charge in [-0.2, -0.15) is 5.26 Å². The van der Waals surface area contributed by atoms with Crippen molar-refractivity contribution in [1.82, 2.24) is 19.4 Å². The van der Waals surface area contributed by atoms with E-state index in [-0.39, 0.29) is 23.7 Å². The summed E-state index contributed by atoms with van der Waals surface area (Å²) in [6, 6.07) is 10.3. The van der Waals surface area contributed by atoms with E-state index < -0.39 is 22.9 Å². The Kier molecular flexibility index (Phi) is 7.98. The van der Waals surface area contributed by atoms with Crippen molar-refractivity contribution in [2.45, 2.75) is 102 Å². The number of benzene rings is 1. The van der Waals surface area contributed by atoms with Gasteiger partial charge in [0.25, 0.3) is 11.5 Å². The molecular formula is C34H41F3N6O. The predicted molar refractivity (Wildman–Crippen MR) is 165 cm³/mol. The summed E-state index contributed by atoms with van der Waals surface area (Å²) in [6.45, 7) is 6.77. The van der Waals surface area contributed by atoms with Crippen LogP contribution in [0.15, 0.2) is 35.1 Å². The molecule has 1 unspecified atom stereocenters. The average Bonchev–Trinajstić information content (AvgIpc) is 3.78. The van der Waals surface area contributed by atoms with Gasteiger partial charge in [0.15, 0.2) is 0 Å². The Bertz CT molecular complexity index is 1650. The number of nitriles is 1. The van der Waals surface area contributed by atoms with E-state index in [2.05, 4.69) is 21.4 Å². The van der Waals surface area contributed by atoms with Crippen LogP contribution in [0.3, 0.4) is 0 Å². The molecule has 2 atom stereocenters. The SMILES string of the molecule is Cc1nc2c3cc(C4(C#N)CC4)c(=O)n(c3n1)CCCCCC(C)(F)CN1CCC(CC1)C(F)(F)c1cccc(c1)[C@@H](C)N2. The lowest BCUT2D eigenvalue weighted by atomic mass is 9.85. The molecule has 44 heavy (non-hydrogen) atoms. The van der Waals surface area contributed by atoms with Crippen LogP contribution in [0.25, 0.3) is 11.0 Å². The molecule has 0 spiro atoms. The van der Waals surface area contributed by atoms with Crippen LogP contribution in [0.1, 0.15) is 93.8 Å². The van der Waals surface area contributed by atoms with Gasteiger partial charge in [-0.3, -0.25) is 9.36 Å². The zero-order chi connectivity index (χ0) is 31.3. The number of alkyl halides is 3. The smallest absolute Gasteiger partial charge is 0.276 e. The number of fused-ring (bicyclic) bond motifs is 9. The number of anilines is 1. The van der Waals surface area contributed by atoms with E-state index in [9.17, 15) is 10.1 Å². The van der Waals surface area contributed by atoms with E-state index in [0.717, 1.165) is 6.42 Å². The third kappa shape index (κ3) is 5.83. The number of hydrogen-bond acceptors (Lipinski definition) is 6. The van der Waals surface area contributed by atoms with Gasteiger partial charge in [0.2, 0.25) is 0 Å². The summed E-state index contributed by atoms with van der Waals surface area (Å²) in [6.07, 6.45) is 4.24. The van der Waals surface area contributed by atoms with Crippen molar-refractivity contribution in [2.75, 3.05) is 25.0 Å². The molecule has 3 aromatic rings. The average molecular weight is 607 g/mol. The first-order valence-electron chi connectivity index (χ1n) is 15.9. The second-order valence-electron chi connectivity index (χ2n) is 13.5.